The van der Waals surface area contributed by atoms with E-state index in [0.29, 0.717) is 0 Å². The fraction of sp³-hybridized carbons (Fsp3) is 0.364. The average Bonchev–Trinajstić information content (AvgIpc) is 2.27. The Morgan fingerprint density at radius 3 is 2.43 bits per heavy atom. The van der Waals surface area contributed by atoms with Crippen molar-refractivity contribution in [1.29, 1.82) is 0 Å². The molecule has 1 aromatic rings. The second-order valence-electron chi connectivity index (χ2n) is 3.14. The van der Waals surface area contributed by atoms with Crippen molar-refractivity contribution in [3.63, 3.8) is 0 Å². The monoisotopic (exact) mass is 194 g/mol. The molecule has 0 saturated heterocycles. The molecule has 3 heteroatoms. The lowest BCUT2D eigenvalue weighted by molar-refractivity contribution is -0.141. The first-order valence-corrected chi connectivity index (χ1v) is 4.46. The molecule has 0 spiro atoms. The fourth-order valence-corrected chi connectivity index (χ4v) is 1.22. The van der Waals surface area contributed by atoms with E-state index in [2.05, 4.69) is 4.74 Å². The Labute approximate surface area is 83.3 Å². The normalized spacial score (nSPS) is 12.2. The fourth-order valence-electron chi connectivity index (χ4n) is 1.22. The van der Waals surface area contributed by atoms with Gasteiger partial charge >= 0.3 is 5.97 Å². The molecule has 1 atom stereocenters. The highest BCUT2D eigenvalue weighted by Gasteiger charge is 2.14. The number of aliphatic hydroxyl groups is 1. The summed E-state index contributed by atoms with van der Waals surface area (Å²) in [7, 11) is 1.38. The molecule has 0 radical (unpaired) electrons. The number of aliphatic hydroxyl groups excluding tert-OH is 1. The predicted molar refractivity (Wildman–Crippen MR) is 52.8 cm³/mol. The van der Waals surface area contributed by atoms with E-state index in [1.807, 2.05) is 12.1 Å². The van der Waals surface area contributed by atoms with Crippen molar-refractivity contribution in [3.8, 4) is 0 Å². The van der Waals surface area contributed by atoms with Crippen LogP contribution in [-0.4, -0.2) is 18.2 Å². The minimum atomic E-state index is -0.257. The number of carbonyl (C=O) groups excluding carboxylic acids is 1. The highest BCUT2D eigenvalue weighted by atomic mass is 16.5. The standard InChI is InChI=1S/C11H14O3/c1-8(11(13)14-2)10-5-3-9(7-12)4-6-10/h3-6,8,12H,7H2,1-2H3. The van der Waals surface area contributed by atoms with Crippen molar-refractivity contribution in [2.75, 3.05) is 7.11 Å². The summed E-state index contributed by atoms with van der Waals surface area (Å²) < 4.78 is 4.63. The van der Waals surface area contributed by atoms with Crippen LogP contribution in [0.2, 0.25) is 0 Å². The van der Waals surface area contributed by atoms with E-state index in [9.17, 15) is 4.79 Å². The lowest BCUT2D eigenvalue weighted by atomic mass is 10.0. The third-order valence-corrected chi connectivity index (χ3v) is 2.22. The van der Waals surface area contributed by atoms with Gasteiger partial charge in [0.1, 0.15) is 0 Å². The van der Waals surface area contributed by atoms with Gasteiger partial charge in [-0.15, -0.1) is 0 Å². The summed E-state index contributed by atoms with van der Waals surface area (Å²) in [6.45, 7) is 1.81. The van der Waals surface area contributed by atoms with Gasteiger partial charge in [0.05, 0.1) is 19.6 Å². The Bertz CT molecular complexity index is 303. The molecule has 76 valence electrons. The topological polar surface area (TPSA) is 46.5 Å². The minimum absolute atomic E-state index is 0.0207. The number of hydrogen-bond donors (Lipinski definition) is 1. The molecule has 1 unspecified atom stereocenters. The SMILES string of the molecule is COC(=O)C(C)c1ccc(CO)cc1. The second kappa shape index (κ2) is 4.77. The summed E-state index contributed by atoms with van der Waals surface area (Å²) in [5, 5.41) is 8.83. The molecular weight excluding hydrogens is 180 g/mol. The first kappa shape index (κ1) is 10.7. The predicted octanol–water partition coefficient (Wildman–Crippen LogP) is 1.46. The molecule has 0 bridgehead atoms. The van der Waals surface area contributed by atoms with Crippen LogP contribution in [0.25, 0.3) is 0 Å². The number of carbonyl (C=O) groups is 1. The van der Waals surface area contributed by atoms with Gasteiger partial charge in [0.15, 0.2) is 0 Å². The van der Waals surface area contributed by atoms with Crippen LogP contribution in [0.5, 0.6) is 0 Å². The summed E-state index contributed by atoms with van der Waals surface area (Å²) >= 11 is 0. The van der Waals surface area contributed by atoms with Gasteiger partial charge in [0.25, 0.3) is 0 Å². The summed E-state index contributed by atoms with van der Waals surface area (Å²) in [6.07, 6.45) is 0. The van der Waals surface area contributed by atoms with E-state index >= 15 is 0 Å². The molecule has 1 rings (SSSR count). The first-order valence-electron chi connectivity index (χ1n) is 4.46. The molecule has 0 fully saturated rings. The molecule has 0 saturated carbocycles. The van der Waals surface area contributed by atoms with Crippen LogP contribution in [-0.2, 0) is 16.1 Å². The summed E-state index contributed by atoms with van der Waals surface area (Å²) in [6, 6.07) is 7.25. The van der Waals surface area contributed by atoms with Gasteiger partial charge in [0.2, 0.25) is 0 Å². The van der Waals surface area contributed by atoms with Gasteiger partial charge in [-0.3, -0.25) is 4.79 Å². The third-order valence-electron chi connectivity index (χ3n) is 2.22. The van der Waals surface area contributed by atoms with Crippen molar-refractivity contribution in [3.05, 3.63) is 35.4 Å². The van der Waals surface area contributed by atoms with E-state index in [1.165, 1.54) is 7.11 Å². The quantitative estimate of drug-likeness (QED) is 0.741. The lowest BCUT2D eigenvalue weighted by Gasteiger charge is -2.09. The molecule has 0 heterocycles. The molecule has 1 aromatic carbocycles. The number of esters is 1. The number of hydrogen-bond acceptors (Lipinski definition) is 3. The highest BCUT2D eigenvalue weighted by Crippen LogP contribution is 2.17. The van der Waals surface area contributed by atoms with Gasteiger partial charge in [-0.1, -0.05) is 24.3 Å². The number of methoxy groups -OCH3 is 1. The summed E-state index contributed by atoms with van der Waals surface area (Å²) in [5.41, 5.74) is 1.74. The molecule has 0 amide bonds. The molecule has 0 aliphatic heterocycles. The molecule has 0 aromatic heterocycles. The maximum atomic E-state index is 11.2. The molecule has 14 heavy (non-hydrogen) atoms. The summed E-state index contributed by atoms with van der Waals surface area (Å²) in [5.74, 6) is -0.505. The first-order chi connectivity index (χ1) is 6.69. The van der Waals surface area contributed by atoms with Gasteiger partial charge in [-0.2, -0.15) is 0 Å². The smallest absolute Gasteiger partial charge is 0.312 e. The van der Waals surface area contributed by atoms with Crippen LogP contribution in [0.3, 0.4) is 0 Å². The zero-order chi connectivity index (χ0) is 10.6. The van der Waals surface area contributed by atoms with Crippen molar-refractivity contribution < 1.29 is 14.6 Å². The minimum Gasteiger partial charge on any atom is -0.469 e. The Hall–Kier alpha value is -1.35. The zero-order valence-corrected chi connectivity index (χ0v) is 8.36. The zero-order valence-electron chi connectivity index (χ0n) is 8.36. The third kappa shape index (κ3) is 2.33. The average molecular weight is 194 g/mol. The number of benzene rings is 1. The van der Waals surface area contributed by atoms with Crippen LogP contribution in [0.15, 0.2) is 24.3 Å². The second-order valence-corrected chi connectivity index (χ2v) is 3.14. The lowest BCUT2D eigenvalue weighted by Crippen LogP contribution is -2.10. The maximum absolute atomic E-state index is 11.2. The van der Waals surface area contributed by atoms with Gasteiger partial charge in [-0.05, 0) is 18.1 Å². The van der Waals surface area contributed by atoms with E-state index < -0.39 is 0 Å². The van der Waals surface area contributed by atoms with Crippen molar-refractivity contribution in [2.45, 2.75) is 19.4 Å². The molecule has 0 aliphatic carbocycles. The Balaban J connectivity index is 2.81. The Kier molecular flexibility index (Phi) is 3.65. The van der Waals surface area contributed by atoms with Crippen molar-refractivity contribution in [1.82, 2.24) is 0 Å². The Morgan fingerprint density at radius 2 is 2.00 bits per heavy atom. The highest BCUT2D eigenvalue weighted by molar-refractivity contribution is 5.77. The van der Waals surface area contributed by atoms with Gasteiger partial charge in [-0.25, -0.2) is 0 Å². The van der Waals surface area contributed by atoms with Crippen molar-refractivity contribution >= 4 is 5.97 Å². The van der Waals surface area contributed by atoms with Crippen LogP contribution in [0, 0.1) is 0 Å². The van der Waals surface area contributed by atoms with Crippen LogP contribution < -0.4 is 0 Å². The molecular formula is C11H14O3. The number of ether oxygens (including phenoxy) is 1. The van der Waals surface area contributed by atoms with Gasteiger partial charge in [0, 0.05) is 0 Å². The van der Waals surface area contributed by atoms with E-state index in [1.54, 1.807) is 19.1 Å². The largest absolute Gasteiger partial charge is 0.469 e. The molecule has 1 N–H and O–H groups in total. The van der Waals surface area contributed by atoms with E-state index in [0.717, 1.165) is 11.1 Å². The van der Waals surface area contributed by atoms with Crippen LogP contribution >= 0.6 is 0 Å². The Morgan fingerprint density at radius 1 is 1.43 bits per heavy atom. The van der Waals surface area contributed by atoms with Crippen LogP contribution in [0.1, 0.15) is 24.0 Å². The van der Waals surface area contributed by atoms with Crippen LogP contribution in [0.4, 0.5) is 0 Å². The maximum Gasteiger partial charge on any atom is 0.312 e. The molecule has 3 nitrogen and oxygen atoms in total. The number of rotatable bonds is 3. The molecule has 0 aliphatic rings. The van der Waals surface area contributed by atoms with Gasteiger partial charge < -0.3 is 9.84 Å². The van der Waals surface area contributed by atoms with Crippen molar-refractivity contribution in [2.24, 2.45) is 0 Å². The van der Waals surface area contributed by atoms with E-state index in [4.69, 9.17) is 5.11 Å². The van der Waals surface area contributed by atoms with E-state index in [-0.39, 0.29) is 18.5 Å². The summed E-state index contributed by atoms with van der Waals surface area (Å²) in [4.78, 5) is 11.2.